The number of nitrogens with zero attached hydrogens (tertiary/aromatic N) is 1. The summed E-state index contributed by atoms with van der Waals surface area (Å²) in [4.78, 5) is 20.1. The van der Waals surface area contributed by atoms with Gasteiger partial charge in [-0.1, -0.05) is 12.1 Å². The van der Waals surface area contributed by atoms with Crippen LogP contribution in [0.5, 0.6) is 11.6 Å². The summed E-state index contributed by atoms with van der Waals surface area (Å²) in [5, 5.41) is 0.763. The van der Waals surface area contributed by atoms with Crippen LogP contribution in [0.3, 0.4) is 0 Å². The fraction of sp³-hybridized carbons (Fsp3) is 0.167. The predicted octanol–water partition coefficient (Wildman–Crippen LogP) is 3.95. The van der Waals surface area contributed by atoms with Gasteiger partial charge in [0, 0.05) is 34.0 Å². The van der Waals surface area contributed by atoms with Crippen molar-refractivity contribution >= 4 is 26.6 Å². The van der Waals surface area contributed by atoms with E-state index >= 15 is 0 Å². The summed E-state index contributed by atoms with van der Waals surface area (Å²) in [5.41, 5.74) is 4.54. The molecule has 4 aromatic rings. The van der Waals surface area contributed by atoms with Gasteiger partial charge < -0.3 is 9.47 Å². The molecule has 0 aliphatic carbocycles. The number of nitrogens with one attached hydrogen (secondary N) is 2. The van der Waals surface area contributed by atoms with E-state index < -0.39 is 10.0 Å². The van der Waals surface area contributed by atoms with Gasteiger partial charge in [0.25, 0.3) is 5.56 Å². The summed E-state index contributed by atoms with van der Waals surface area (Å²) in [6, 6.07) is 14.3. The fourth-order valence-corrected chi connectivity index (χ4v) is 4.35. The lowest BCUT2D eigenvalue weighted by molar-refractivity contribution is 0.397. The molecule has 0 amide bonds. The zero-order valence-corrected chi connectivity index (χ0v) is 19.4. The number of rotatable bonds is 6. The average Bonchev–Trinajstić information content (AvgIpc) is 2.77. The number of ether oxygens (including phenoxy) is 2. The molecule has 4 rings (SSSR count). The highest BCUT2D eigenvalue weighted by Gasteiger charge is 2.16. The van der Waals surface area contributed by atoms with E-state index in [1.807, 2.05) is 31.2 Å². The van der Waals surface area contributed by atoms with Gasteiger partial charge in [-0.25, -0.2) is 8.42 Å². The second-order valence-corrected chi connectivity index (χ2v) is 9.36. The van der Waals surface area contributed by atoms with E-state index in [4.69, 9.17) is 9.47 Å². The molecule has 8 nitrogen and oxygen atoms in total. The molecule has 0 aliphatic rings. The Hall–Kier alpha value is -3.85. The van der Waals surface area contributed by atoms with Crippen molar-refractivity contribution in [2.24, 2.45) is 0 Å². The smallest absolute Gasteiger partial charge is 0.258 e. The minimum absolute atomic E-state index is 0.278. The third-order valence-corrected chi connectivity index (χ3v) is 5.83. The first-order valence-electron chi connectivity index (χ1n) is 10.0. The quantitative estimate of drug-likeness (QED) is 0.446. The summed E-state index contributed by atoms with van der Waals surface area (Å²) >= 11 is 0. The first-order chi connectivity index (χ1) is 15.7. The lowest BCUT2D eigenvalue weighted by Crippen LogP contribution is -2.10. The number of sulfonamides is 1. The van der Waals surface area contributed by atoms with Crippen LogP contribution in [0, 0.1) is 6.92 Å². The van der Waals surface area contributed by atoms with Gasteiger partial charge in [0.1, 0.15) is 5.75 Å². The molecule has 2 N–H and O–H groups in total. The van der Waals surface area contributed by atoms with Crippen molar-refractivity contribution in [2.75, 3.05) is 25.2 Å². The molecular weight excluding hydrogens is 442 g/mol. The second kappa shape index (κ2) is 8.59. The summed E-state index contributed by atoms with van der Waals surface area (Å²) in [6.07, 6.45) is 2.82. The van der Waals surface area contributed by atoms with Gasteiger partial charge >= 0.3 is 0 Å². The third-order valence-electron chi connectivity index (χ3n) is 5.22. The number of methoxy groups -OCH3 is 2. The second-order valence-electron chi connectivity index (χ2n) is 7.62. The van der Waals surface area contributed by atoms with Crippen LogP contribution >= 0.6 is 0 Å². The number of aryl methyl sites for hydroxylation is 1. The van der Waals surface area contributed by atoms with E-state index in [1.54, 1.807) is 37.6 Å². The molecule has 2 aromatic heterocycles. The highest BCUT2D eigenvalue weighted by Crippen LogP contribution is 2.37. The standard InChI is InChI=1S/C24H23N3O5S/c1-14-11-19(18-9-10-21(31-2)26-24(18)28)22-20(23(14)32-3)12-16(13-25-22)15-5-7-17(8-6-15)27-33(4,29)30/h5-13,27H,1-4H3,(H,26,28). The highest BCUT2D eigenvalue weighted by atomic mass is 32.2. The number of aromatic amines is 1. The van der Waals surface area contributed by atoms with Crippen LogP contribution in [0.15, 0.2) is 59.5 Å². The first-order valence-corrected chi connectivity index (χ1v) is 11.9. The van der Waals surface area contributed by atoms with E-state index in [-0.39, 0.29) is 5.56 Å². The summed E-state index contributed by atoms with van der Waals surface area (Å²) < 4.78 is 36.1. The van der Waals surface area contributed by atoms with Crippen LogP contribution in [0.2, 0.25) is 0 Å². The monoisotopic (exact) mass is 465 g/mol. The zero-order chi connectivity index (χ0) is 23.8. The Morgan fingerprint density at radius 3 is 2.27 bits per heavy atom. The maximum Gasteiger partial charge on any atom is 0.258 e. The van der Waals surface area contributed by atoms with Crippen LogP contribution in [-0.4, -0.2) is 38.9 Å². The number of benzene rings is 2. The molecule has 0 radical (unpaired) electrons. The van der Waals surface area contributed by atoms with E-state index in [0.29, 0.717) is 34.0 Å². The van der Waals surface area contributed by atoms with E-state index in [0.717, 1.165) is 28.3 Å². The molecule has 0 saturated heterocycles. The van der Waals surface area contributed by atoms with Gasteiger partial charge in [0.05, 0.1) is 26.0 Å². The van der Waals surface area contributed by atoms with Crippen molar-refractivity contribution in [1.29, 1.82) is 0 Å². The number of aromatic nitrogens is 2. The minimum Gasteiger partial charge on any atom is -0.496 e. The molecule has 0 aliphatic heterocycles. The van der Waals surface area contributed by atoms with Gasteiger partial charge in [0.2, 0.25) is 10.0 Å². The number of H-pyrrole nitrogens is 1. The largest absolute Gasteiger partial charge is 0.496 e. The molecule has 0 bridgehead atoms. The molecule has 0 fully saturated rings. The Balaban J connectivity index is 1.86. The number of anilines is 1. The van der Waals surface area contributed by atoms with E-state index in [1.165, 1.54) is 7.11 Å². The van der Waals surface area contributed by atoms with Gasteiger partial charge in [0.15, 0.2) is 5.88 Å². The van der Waals surface area contributed by atoms with Gasteiger partial charge in [-0.05, 0) is 54.4 Å². The Morgan fingerprint density at radius 1 is 0.939 bits per heavy atom. The Kier molecular flexibility index (Phi) is 5.82. The molecule has 0 saturated carbocycles. The van der Waals surface area contributed by atoms with E-state index in [9.17, 15) is 13.2 Å². The molecular formula is C24H23N3O5S. The highest BCUT2D eigenvalue weighted by molar-refractivity contribution is 7.92. The van der Waals surface area contributed by atoms with Crippen molar-refractivity contribution in [3.8, 4) is 33.9 Å². The summed E-state index contributed by atoms with van der Waals surface area (Å²) in [5.74, 6) is 1.05. The summed E-state index contributed by atoms with van der Waals surface area (Å²) in [7, 11) is -0.263. The third kappa shape index (κ3) is 4.54. The van der Waals surface area contributed by atoms with Gasteiger partial charge in [-0.3, -0.25) is 19.5 Å². The predicted molar refractivity (Wildman–Crippen MR) is 130 cm³/mol. The van der Waals surface area contributed by atoms with Crippen LogP contribution < -0.4 is 19.8 Å². The SMILES string of the molecule is COc1ccc(-c2cc(C)c(OC)c3cc(-c4ccc(NS(C)(=O)=O)cc4)cnc23)c(=O)[nH]1. The van der Waals surface area contributed by atoms with Crippen LogP contribution in [0.25, 0.3) is 33.2 Å². The Morgan fingerprint density at radius 2 is 1.67 bits per heavy atom. The average molecular weight is 466 g/mol. The molecule has 33 heavy (non-hydrogen) atoms. The van der Waals surface area contributed by atoms with Crippen LogP contribution in [0.1, 0.15) is 5.56 Å². The normalized spacial score (nSPS) is 11.4. The molecule has 2 aromatic carbocycles. The van der Waals surface area contributed by atoms with Crippen molar-refractivity contribution in [2.45, 2.75) is 6.92 Å². The summed E-state index contributed by atoms with van der Waals surface area (Å²) in [6.45, 7) is 1.91. The topological polar surface area (TPSA) is 110 Å². The van der Waals surface area contributed by atoms with Crippen LogP contribution in [0.4, 0.5) is 5.69 Å². The molecule has 0 atom stereocenters. The number of hydrogen-bond acceptors (Lipinski definition) is 6. The fourth-order valence-electron chi connectivity index (χ4n) is 3.78. The molecule has 2 heterocycles. The minimum atomic E-state index is -3.35. The lowest BCUT2D eigenvalue weighted by Gasteiger charge is -2.14. The number of fused-ring (bicyclic) bond motifs is 1. The molecule has 170 valence electrons. The maximum atomic E-state index is 12.7. The number of pyridine rings is 2. The molecule has 9 heteroatoms. The Labute approximate surface area is 191 Å². The molecule has 0 unspecified atom stereocenters. The lowest BCUT2D eigenvalue weighted by atomic mass is 9.97. The van der Waals surface area contributed by atoms with Gasteiger partial charge in [-0.2, -0.15) is 0 Å². The first kappa shape index (κ1) is 22.3. The van der Waals surface area contributed by atoms with Crippen molar-refractivity contribution < 1.29 is 17.9 Å². The Bertz CT molecular complexity index is 1510. The van der Waals surface area contributed by atoms with Gasteiger partial charge in [-0.15, -0.1) is 0 Å². The molecule has 0 spiro atoms. The van der Waals surface area contributed by atoms with Crippen molar-refractivity contribution in [3.63, 3.8) is 0 Å². The maximum absolute atomic E-state index is 12.7. The van der Waals surface area contributed by atoms with Crippen molar-refractivity contribution in [1.82, 2.24) is 9.97 Å². The van der Waals surface area contributed by atoms with Crippen LogP contribution in [-0.2, 0) is 10.0 Å². The zero-order valence-electron chi connectivity index (χ0n) is 18.6. The number of hydrogen-bond donors (Lipinski definition) is 2. The van der Waals surface area contributed by atoms with E-state index in [2.05, 4.69) is 14.7 Å². The van der Waals surface area contributed by atoms with Crippen molar-refractivity contribution in [3.05, 3.63) is 70.6 Å².